The van der Waals surface area contributed by atoms with E-state index in [-0.39, 0.29) is 17.6 Å². The standard InChI is InChI=1S/C14H13BrN2O3S/c1-8(9-4-5-21-7-9)16-14(20)17-10-2-3-12(15)11(6-10)13(18)19/h2-8H,1H3,(H,18,19)(H2,16,17,20). The van der Waals surface area contributed by atoms with Crippen LogP contribution >= 0.6 is 27.3 Å². The summed E-state index contributed by atoms with van der Waals surface area (Å²) in [7, 11) is 0. The second kappa shape index (κ2) is 6.73. The lowest BCUT2D eigenvalue weighted by Gasteiger charge is -2.14. The first-order chi connectivity index (χ1) is 9.97. The molecule has 5 nitrogen and oxygen atoms in total. The van der Waals surface area contributed by atoms with E-state index in [2.05, 4.69) is 26.6 Å². The molecule has 0 fully saturated rings. The maximum Gasteiger partial charge on any atom is 0.336 e. The number of hydrogen-bond acceptors (Lipinski definition) is 3. The van der Waals surface area contributed by atoms with Crippen LogP contribution in [0.4, 0.5) is 10.5 Å². The molecule has 7 heteroatoms. The first-order valence-corrected chi connectivity index (χ1v) is 7.83. The number of carboxylic acids is 1. The molecule has 1 aromatic heterocycles. The molecule has 1 unspecified atom stereocenters. The highest BCUT2D eigenvalue weighted by Gasteiger charge is 2.12. The molecule has 1 atom stereocenters. The van der Waals surface area contributed by atoms with E-state index in [9.17, 15) is 9.59 Å². The van der Waals surface area contributed by atoms with E-state index in [4.69, 9.17) is 5.11 Å². The quantitative estimate of drug-likeness (QED) is 0.760. The zero-order chi connectivity index (χ0) is 15.4. The molecule has 0 radical (unpaired) electrons. The molecule has 0 aliphatic carbocycles. The molecular weight excluding hydrogens is 356 g/mol. The van der Waals surface area contributed by atoms with Crippen LogP contribution < -0.4 is 10.6 Å². The van der Waals surface area contributed by atoms with Crippen LogP contribution in [0.25, 0.3) is 0 Å². The first-order valence-electron chi connectivity index (χ1n) is 6.10. The van der Waals surface area contributed by atoms with Gasteiger partial charge in [-0.1, -0.05) is 0 Å². The maximum absolute atomic E-state index is 11.9. The van der Waals surface area contributed by atoms with Gasteiger partial charge in [-0.15, -0.1) is 0 Å². The van der Waals surface area contributed by atoms with Gasteiger partial charge in [0, 0.05) is 10.2 Å². The smallest absolute Gasteiger partial charge is 0.336 e. The third-order valence-corrected chi connectivity index (χ3v) is 4.24. The van der Waals surface area contributed by atoms with E-state index in [1.807, 2.05) is 23.8 Å². The Morgan fingerprint density at radius 1 is 1.33 bits per heavy atom. The number of thiophene rings is 1. The number of halogens is 1. The summed E-state index contributed by atoms with van der Waals surface area (Å²) in [6, 6.07) is 6.06. The van der Waals surface area contributed by atoms with Crippen LogP contribution in [0.3, 0.4) is 0 Å². The van der Waals surface area contributed by atoms with Gasteiger partial charge in [0.15, 0.2) is 0 Å². The number of rotatable bonds is 4. The van der Waals surface area contributed by atoms with Crippen molar-refractivity contribution in [1.29, 1.82) is 0 Å². The van der Waals surface area contributed by atoms with Crippen LogP contribution in [0.5, 0.6) is 0 Å². The predicted molar refractivity (Wildman–Crippen MR) is 86.0 cm³/mol. The summed E-state index contributed by atoms with van der Waals surface area (Å²) in [6.45, 7) is 1.88. The summed E-state index contributed by atoms with van der Waals surface area (Å²) in [6.07, 6.45) is 0. The summed E-state index contributed by atoms with van der Waals surface area (Å²) in [5, 5.41) is 18.4. The van der Waals surface area contributed by atoms with Crippen molar-refractivity contribution in [2.24, 2.45) is 0 Å². The third kappa shape index (κ3) is 4.05. The SMILES string of the molecule is CC(NC(=O)Nc1ccc(Br)c(C(=O)O)c1)c1ccsc1. The largest absolute Gasteiger partial charge is 0.478 e. The summed E-state index contributed by atoms with van der Waals surface area (Å²) in [5.41, 5.74) is 1.54. The Kier molecular flexibility index (Phi) is 4.98. The van der Waals surface area contributed by atoms with Gasteiger partial charge in [0.25, 0.3) is 0 Å². The van der Waals surface area contributed by atoms with Crippen molar-refractivity contribution in [1.82, 2.24) is 5.32 Å². The fourth-order valence-corrected chi connectivity index (χ4v) is 2.91. The number of nitrogens with one attached hydrogen (secondary N) is 2. The highest BCUT2D eigenvalue weighted by molar-refractivity contribution is 9.10. The van der Waals surface area contributed by atoms with Gasteiger partial charge >= 0.3 is 12.0 Å². The van der Waals surface area contributed by atoms with E-state index >= 15 is 0 Å². The fraction of sp³-hybridized carbons (Fsp3) is 0.143. The molecule has 1 heterocycles. The van der Waals surface area contributed by atoms with E-state index < -0.39 is 5.97 Å². The Morgan fingerprint density at radius 2 is 2.10 bits per heavy atom. The van der Waals surface area contributed by atoms with Crippen LogP contribution in [-0.2, 0) is 0 Å². The van der Waals surface area contributed by atoms with Crippen molar-refractivity contribution in [3.8, 4) is 0 Å². The number of carboxylic acid groups (broad SMARTS) is 1. The predicted octanol–water partition coefficient (Wildman–Crippen LogP) is 4.09. The Morgan fingerprint density at radius 3 is 2.71 bits per heavy atom. The van der Waals surface area contributed by atoms with Crippen molar-refractivity contribution in [2.45, 2.75) is 13.0 Å². The number of benzene rings is 1. The van der Waals surface area contributed by atoms with Crippen molar-refractivity contribution < 1.29 is 14.7 Å². The van der Waals surface area contributed by atoms with Crippen molar-refractivity contribution in [3.05, 3.63) is 50.6 Å². The summed E-state index contributed by atoms with van der Waals surface area (Å²) in [4.78, 5) is 22.9. The zero-order valence-electron chi connectivity index (χ0n) is 11.1. The zero-order valence-corrected chi connectivity index (χ0v) is 13.5. The van der Waals surface area contributed by atoms with Gasteiger partial charge in [0.2, 0.25) is 0 Å². The minimum atomic E-state index is -1.06. The van der Waals surface area contributed by atoms with Crippen LogP contribution in [0.15, 0.2) is 39.5 Å². The molecule has 2 amide bonds. The monoisotopic (exact) mass is 368 g/mol. The molecule has 0 saturated carbocycles. The Labute approximate surface area is 134 Å². The molecule has 0 saturated heterocycles. The number of amides is 2. The van der Waals surface area contributed by atoms with Crippen LogP contribution in [0, 0.1) is 0 Å². The minimum Gasteiger partial charge on any atom is -0.478 e. The number of carbonyl (C=O) groups is 2. The first kappa shape index (κ1) is 15.5. The Balaban J connectivity index is 2.03. The number of anilines is 1. The molecule has 0 spiro atoms. The molecule has 21 heavy (non-hydrogen) atoms. The van der Waals surface area contributed by atoms with Gasteiger partial charge in [0.05, 0.1) is 11.6 Å². The minimum absolute atomic E-state index is 0.0960. The lowest BCUT2D eigenvalue weighted by atomic mass is 10.2. The molecule has 2 rings (SSSR count). The van der Waals surface area contributed by atoms with Crippen LogP contribution in [-0.4, -0.2) is 17.1 Å². The average molecular weight is 369 g/mol. The molecule has 2 aromatic rings. The molecular formula is C14H13BrN2O3S. The summed E-state index contributed by atoms with van der Waals surface area (Å²) in [5.74, 6) is -1.06. The van der Waals surface area contributed by atoms with Gasteiger partial charge < -0.3 is 15.7 Å². The van der Waals surface area contributed by atoms with Gasteiger partial charge in [-0.05, 0) is 63.4 Å². The lowest BCUT2D eigenvalue weighted by molar-refractivity contribution is 0.0696. The van der Waals surface area contributed by atoms with Gasteiger partial charge in [-0.2, -0.15) is 11.3 Å². The van der Waals surface area contributed by atoms with E-state index in [1.165, 1.54) is 6.07 Å². The molecule has 110 valence electrons. The van der Waals surface area contributed by atoms with Gasteiger partial charge in [-0.3, -0.25) is 0 Å². The number of hydrogen-bond donors (Lipinski definition) is 3. The highest BCUT2D eigenvalue weighted by Crippen LogP contribution is 2.21. The average Bonchev–Trinajstić information content (AvgIpc) is 2.94. The Hall–Kier alpha value is -1.86. The summed E-state index contributed by atoms with van der Waals surface area (Å²) >= 11 is 4.72. The summed E-state index contributed by atoms with van der Waals surface area (Å²) < 4.78 is 0.465. The molecule has 0 aliphatic heterocycles. The van der Waals surface area contributed by atoms with Gasteiger partial charge in [0.1, 0.15) is 0 Å². The van der Waals surface area contributed by atoms with Crippen LogP contribution in [0.2, 0.25) is 0 Å². The number of urea groups is 1. The molecule has 0 bridgehead atoms. The number of carbonyl (C=O) groups excluding carboxylic acids is 1. The topological polar surface area (TPSA) is 78.4 Å². The molecule has 3 N–H and O–H groups in total. The lowest BCUT2D eigenvalue weighted by Crippen LogP contribution is -2.31. The van der Waals surface area contributed by atoms with Crippen LogP contribution in [0.1, 0.15) is 28.9 Å². The van der Waals surface area contributed by atoms with E-state index in [0.29, 0.717) is 10.2 Å². The number of aromatic carboxylic acids is 1. The molecule has 1 aromatic carbocycles. The second-order valence-electron chi connectivity index (χ2n) is 4.38. The Bertz CT molecular complexity index is 658. The van der Waals surface area contributed by atoms with Crippen molar-refractivity contribution in [3.63, 3.8) is 0 Å². The fourth-order valence-electron chi connectivity index (χ4n) is 1.74. The molecule has 0 aliphatic rings. The highest BCUT2D eigenvalue weighted by atomic mass is 79.9. The van der Waals surface area contributed by atoms with E-state index in [1.54, 1.807) is 23.5 Å². The normalized spacial score (nSPS) is 11.7. The van der Waals surface area contributed by atoms with Crippen molar-refractivity contribution >= 4 is 45.0 Å². The second-order valence-corrected chi connectivity index (χ2v) is 6.01. The van der Waals surface area contributed by atoms with Crippen molar-refractivity contribution in [2.75, 3.05) is 5.32 Å². The van der Waals surface area contributed by atoms with E-state index in [0.717, 1.165) is 5.56 Å². The van der Waals surface area contributed by atoms with Gasteiger partial charge in [-0.25, -0.2) is 9.59 Å². The third-order valence-electron chi connectivity index (χ3n) is 2.85. The maximum atomic E-state index is 11.9.